The first-order chi connectivity index (χ1) is 14.7. The third-order valence-electron chi connectivity index (χ3n) is 4.56. The Kier molecular flexibility index (Phi) is 6.23. The summed E-state index contributed by atoms with van der Waals surface area (Å²) < 4.78 is 17.5. The summed E-state index contributed by atoms with van der Waals surface area (Å²) in [5.74, 6) is 2.73. The van der Waals surface area contributed by atoms with Crippen molar-refractivity contribution in [2.24, 2.45) is 0 Å². The Labute approximate surface area is 180 Å². The maximum absolute atomic E-state index is 6.31. The molecule has 30 heavy (non-hydrogen) atoms. The fraction of sp³-hybridized carbons (Fsp3) is 0.318. The Morgan fingerprint density at radius 1 is 1.10 bits per heavy atom. The minimum atomic E-state index is -0.474. The van der Waals surface area contributed by atoms with Crippen LogP contribution in [0.15, 0.2) is 47.6 Å². The van der Waals surface area contributed by atoms with E-state index in [4.69, 9.17) is 14.2 Å². The van der Waals surface area contributed by atoms with Crippen molar-refractivity contribution < 1.29 is 14.2 Å². The average Bonchev–Trinajstić information content (AvgIpc) is 2.94. The van der Waals surface area contributed by atoms with Crippen molar-refractivity contribution in [3.8, 4) is 28.6 Å². The SMILES string of the molecule is CCCSc1nnc2c(n1)OC(c1ccc(OCC)c(OC)c1)Nc1ccccc1-2. The molecule has 8 heteroatoms. The number of hydrogen-bond acceptors (Lipinski definition) is 8. The number of ether oxygens (including phenoxy) is 3. The summed E-state index contributed by atoms with van der Waals surface area (Å²) in [7, 11) is 1.63. The van der Waals surface area contributed by atoms with Crippen LogP contribution in [-0.4, -0.2) is 34.7 Å². The number of hydrogen-bond donors (Lipinski definition) is 1. The molecule has 0 saturated heterocycles. The van der Waals surface area contributed by atoms with Crippen molar-refractivity contribution in [2.75, 3.05) is 24.8 Å². The molecule has 156 valence electrons. The molecule has 7 nitrogen and oxygen atoms in total. The lowest BCUT2D eigenvalue weighted by Gasteiger charge is -2.20. The van der Waals surface area contributed by atoms with Crippen molar-refractivity contribution in [3.05, 3.63) is 48.0 Å². The Bertz CT molecular complexity index is 1030. The Balaban J connectivity index is 1.75. The van der Waals surface area contributed by atoms with Gasteiger partial charge in [-0.15, -0.1) is 10.2 Å². The molecule has 2 aromatic carbocycles. The van der Waals surface area contributed by atoms with Gasteiger partial charge in [0.1, 0.15) is 0 Å². The van der Waals surface area contributed by atoms with Gasteiger partial charge in [-0.3, -0.25) is 0 Å². The van der Waals surface area contributed by atoms with Crippen molar-refractivity contribution in [3.63, 3.8) is 0 Å². The predicted octanol–water partition coefficient (Wildman–Crippen LogP) is 4.95. The number of nitrogens with one attached hydrogen (secondary N) is 1. The molecule has 0 fully saturated rings. The molecular weight excluding hydrogens is 400 g/mol. The second-order valence-electron chi connectivity index (χ2n) is 6.63. The lowest BCUT2D eigenvalue weighted by Crippen LogP contribution is -2.17. The molecule has 0 spiro atoms. The van der Waals surface area contributed by atoms with Crippen LogP contribution < -0.4 is 19.5 Å². The number of fused-ring (bicyclic) bond motifs is 3. The highest BCUT2D eigenvalue weighted by Crippen LogP contribution is 2.40. The summed E-state index contributed by atoms with van der Waals surface area (Å²) in [5, 5.41) is 12.8. The summed E-state index contributed by atoms with van der Waals surface area (Å²) in [6, 6.07) is 13.7. The first kappa shape index (κ1) is 20.3. The number of anilines is 1. The van der Waals surface area contributed by atoms with Crippen LogP contribution in [0, 0.1) is 0 Å². The van der Waals surface area contributed by atoms with E-state index < -0.39 is 6.23 Å². The molecular formula is C22H24N4O3S. The van der Waals surface area contributed by atoms with Crippen LogP contribution in [0.5, 0.6) is 17.4 Å². The van der Waals surface area contributed by atoms with Crippen LogP contribution in [0.25, 0.3) is 11.3 Å². The number of thioether (sulfide) groups is 1. The number of rotatable bonds is 7. The molecule has 0 radical (unpaired) electrons. The number of aromatic nitrogens is 3. The monoisotopic (exact) mass is 424 g/mol. The van der Waals surface area contributed by atoms with Gasteiger partial charge in [-0.2, -0.15) is 4.98 Å². The highest BCUT2D eigenvalue weighted by atomic mass is 32.2. The van der Waals surface area contributed by atoms with Gasteiger partial charge in [-0.25, -0.2) is 0 Å². The smallest absolute Gasteiger partial charge is 0.247 e. The van der Waals surface area contributed by atoms with Gasteiger partial charge >= 0.3 is 0 Å². The first-order valence-electron chi connectivity index (χ1n) is 9.94. The van der Waals surface area contributed by atoms with E-state index in [-0.39, 0.29) is 0 Å². The number of benzene rings is 2. The standard InChI is InChI=1S/C22H24N4O3S/c1-4-12-30-22-24-21-19(25-26-22)15-8-6-7-9-16(15)23-20(29-21)14-10-11-17(28-5-2)18(13-14)27-3/h6-11,13,20,23H,4-5,12H2,1-3H3. The largest absolute Gasteiger partial charge is 0.493 e. The molecule has 0 aliphatic carbocycles. The Morgan fingerprint density at radius 3 is 2.77 bits per heavy atom. The van der Waals surface area contributed by atoms with Gasteiger partial charge in [0.2, 0.25) is 11.0 Å². The van der Waals surface area contributed by atoms with Crippen LogP contribution >= 0.6 is 11.8 Å². The van der Waals surface area contributed by atoms with Crippen molar-refractivity contribution in [1.82, 2.24) is 15.2 Å². The summed E-state index contributed by atoms with van der Waals surface area (Å²) in [6.45, 7) is 4.63. The molecule has 4 rings (SSSR count). The van der Waals surface area contributed by atoms with Gasteiger partial charge in [0.25, 0.3) is 0 Å². The molecule has 0 saturated carbocycles. The topological polar surface area (TPSA) is 78.4 Å². The van der Waals surface area contributed by atoms with Crippen molar-refractivity contribution in [2.45, 2.75) is 31.7 Å². The van der Waals surface area contributed by atoms with Gasteiger partial charge in [0.05, 0.1) is 13.7 Å². The van der Waals surface area contributed by atoms with E-state index in [0.717, 1.165) is 29.0 Å². The molecule has 1 atom stereocenters. The van der Waals surface area contributed by atoms with Gasteiger partial charge in [-0.1, -0.05) is 36.9 Å². The maximum Gasteiger partial charge on any atom is 0.247 e. The third-order valence-corrected chi connectivity index (χ3v) is 5.60. The predicted molar refractivity (Wildman–Crippen MR) is 117 cm³/mol. The molecule has 2 heterocycles. The van der Waals surface area contributed by atoms with E-state index in [2.05, 4.69) is 27.4 Å². The molecule has 1 aliphatic heterocycles. The zero-order valence-electron chi connectivity index (χ0n) is 17.2. The second-order valence-corrected chi connectivity index (χ2v) is 7.69. The van der Waals surface area contributed by atoms with Gasteiger partial charge in [-0.05, 0) is 37.6 Å². The summed E-state index contributed by atoms with van der Waals surface area (Å²) in [5.41, 5.74) is 3.32. The van der Waals surface area contributed by atoms with Gasteiger partial charge < -0.3 is 19.5 Å². The van der Waals surface area contributed by atoms with E-state index in [9.17, 15) is 0 Å². The van der Waals surface area contributed by atoms with Crippen molar-refractivity contribution in [1.29, 1.82) is 0 Å². The maximum atomic E-state index is 6.31. The molecule has 1 aliphatic rings. The fourth-order valence-electron chi connectivity index (χ4n) is 3.17. The molecule has 1 aromatic heterocycles. The van der Waals surface area contributed by atoms with E-state index in [1.54, 1.807) is 18.9 Å². The molecule has 3 aromatic rings. The van der Waals surface area contributed by atoms with E-state index >= 15 is 0 Å². The minimum Gasteiger partial charge on any atom is -0.493 e. The first-order valence-corrected chi connectivity index (χ1v) is 10.9. The quantitative estimate of drug-likeness (QED) is 0.534. The van der Waals surface area contributed by atoms with Crippen LogP contribution in [0.2, 0.25) is 0 Å². The van der Waals surface area contributed by atoms with Crippen LogP contribution in [0.3, 0.4) is 0 Å². The van der Waals surface area contributed by atoms with Gasteiger partial charge in [0.15, 0.2) is 23.4 Å². The zero-order chi connectivity index (χ0) is 20.9. The summed E-state index contributed by atoms with van der Waals surface area (Å²) in [4.78, 5) is 4.65. The molecule has 0 amide bonds. The Morgan fingerprint density at radius 2 is 1.97 bits per heavy atom. The van der Waals surface area contributed by atoms with Crippen molar-refractivity contribution >= 4 is 17.4 Å². The van der Waals surface area contributed by atoms with Crippen LogP contribution in [0.4, 0.5) is 5.69 Å². The zero-order valence-corrected chi connectivity index (χ0v) is 18.0. The highest BCUT2D eigenvalue weighted by Gasteiger charge is 2.26. The molecule has 0 bridgehead atoms. The van der Waals surface area contributed by atoms with Crippen LogP contribution in [-0.2, 0) is 0 Å². The van der Waals surface area contributed by atoms with E-state index in [1.807, 2.05) is 49.4 Å². The third kappa shape index (κ3) is 4.14. The van der Waals surface area contributed by atoms with Crippen LogP contribution in [0.1, 0.15) is 32.1 Å². The van der Waals surface area contributed by atoms with Gasteiger partial charge in [0, 0.05) is 22.6 Å². The fourth-order valence-corrected chi connectivity index (χ4v) is 3.81. The lowest BCUT2D eigenvalue weighted by atomic mass is 10.1. The average molecular weight is 425 g/mol. The minimum absolute atomic E-state index is 0.457. The Hall–Kier alpha value is -3.00. The summed E-state index contributed by atoms with van der Waals surface area (Å²) >= 11 is 1.57. The molecule has 1 N–H and O–H groups in total. The normalized spacial score (nSPS) is 14.6. The highest BCUT2D eigenvalue weighted by molar-refractivity contribution is 7.99. The molecule has 1 unspecified atom stereocenters. The van der Waals surface area contributed by atoms with E-state index in [0.29, 0.717) is 34.8 Å². The lowest BCUT2D eigenvalue weighted by molar-refractivity contribution is 0.224. The second kappa shape index (κ2) is 9.21. The summed E-state index contributed by atoms with van der Waals surface area (Å²) in [6.07, 6.45) is 0.558. The number of nitrogens with zero attached hydrogens (tertiary/aromatic N) is 3. The number of methoxy groups -OCH3 is 1. The number of para-hydroxylation sites is 1. The van der Waals surface area contributed by atoms with E-state index in [1.165, 1.54) is 0 Å².